The van der Waals surface area contributed by atoms with Gasteiger partial charge in [-0.05, 0) is 0 Å². The van der Waals surface area contributed by atoms with Crippen molar-refractivity contribution >= 4 is 30.4 Å². The summed E-state index contributed by atoms with van der Waals surface area (Å²) in [6, 6.07) is 0. The Kier molecular flexibility index (Phi) is 114. The molecule has 1 N–H and O–H groups in total. The van der Waals surface area contributed by atoms with Crippen LogP contribution in [0.1, 0.15) is 6.92 Å². The van der Waals surface area contributed by atoms with Gasteiger partial charge in [-0.25, -0.2) is 0 Å². The Morgan fingerprint density at radius 1 is 1.00 bits per heavy atom. The fraction of sp³-hybridized carbons (Fsp3) is 1.00. The maximum absolute atomic E-state index is 8.93. The van der Waals surface area contributed by atoms with E-state index < -0.39 is 0 Å². The fourth-order valence-corrected chi connectivity index (χ4v) is 0. The molecule has 0 aromatic heterocycles. The predicted octanol–water partition coefficient (Wildman–Crippen LogP) is 0.763. The molecule has 0 spiro atoms. The van der Waals surface area contributed by atoms with Crippen LogP contribution >= 0.6 is 0 Å². The van der Waals surface area contributed by atoms with Gasteiger partial charge in [-0.1, -0.05) is 6.92 Å². The average Bonchev–Trinajstić information content (AvgIpc) is 1.70. The summed E-state index contributed by atoms with van der Waals surface area (Å²) >= 11 is 1.50. The molecular weight excluding hydrogens is 158 g/mol. The van der Waals surface area contributed by atoms with Gasteiger partial charge in [0.05, 0.1) is 0 Å². The van der Waals surface area contributed by atoms with Crippen molar-refractivity contribution in [3.05, 3.63) is 0 Å². The highest BCUT2D eigenvalue weighted by atomic mass is 27.1. The van der Waals surface area contributed by atoms with E-state index in [0.717, 1.165) is 30.4 Å². The smallest absolute Gasteiger partial charge is 0.191 e. The highest BCUT2D eigenvalue weighted by Gasteiger charge is 1.46. The number of hydrogen-bond donors (Lipinski definition) is 0. The highest BCUT2D eigenvalue weighted by Crippen LogP contribution is 1.37. The number of rotatable bonds is 0. The zero-order valence-electron chi connectivity index (χ0n) is 7.72. The lowest BCUT2D eigenvalue weighted by molar-refractivity contribution is -0.361. The van der Waals surface area contributed by atoms with Crippen molar-refractivity contribution in [2.24, 2.45) is 0 Å². The van der Waals surface area contributed by atoms with Crippen LogP contribution in [-0.4, -0.2) is 42.5 Å². The molecule has 2 nitrogen and oxygen atoms in total. The van der Waals surface area contributed by atoms with Gasteiger partial charge >= 0.3 is 0 Å². The van der Waals surface area contributed by atoms with Gasteiger partial charge in [0.1, 0.15) is 0 Å². The molecule has 0 bridgehead atoms. The molecule has 62 valence electrons. The minimum Gasteiger partial charge on any atom is -0.870 e. The minimum absolute atomic E-state index is 0. The molecule has 0 aromatic carbocycles. The lowest BCUT2D eigenvalue weighted by Crippen LogP contribution is -1.97. The maximum Gasteiger partial charge on any atom is 0.191 e. The second kappa shape index (κ2) is 50.8. The molecule has 0 aliphatic carbocycles. The van der Waals surface area contributed by atoms with E-state index in [1.165, 1.54) is 0 Å². The summed E-state index contributed by atoms with van der Waals surface area (Å²) in [4.78, 5) is 0. The molecule has 0 amide bonds. The largest absolute Gasteiger partial charge is 0.870 e. The summed E-state index contributed by atoms with van der Waals surface area (Å²) in [5.41, 5.74) is 0. The maximum atomic E-state index is 8.93. The average molecular weight is 176 g/mol. The van der Waals surface area contributed by atoms with Gasteiger partial charge in [0.25, 0.3) is 0 Å². The van der Waals surface area contributed by atoms with E-state index >= 15 is 0 Å². The summed E-state index contributed by atoms with van der Waals surface area (Å²) in [5.74, 6) is 8.83. The molecule has 0 heterocycles. The van der Waals surface area contributed by atoms with Gasteiger partial charge in [0.2, 0.25) is 0 Å². The van der Waals surface area contributed by atoms with Crippen molar-refractivity contribution in [1.29, 1.82) is 0 Å². The quantitative estimate of drug-likeness (QED) is 0.512. The van der Waals surface area contributed by atoms with E-state index in [4.69, 9.17) is 5.11 Å². The van der Waals surface area contributed by atoms with Crippen LogP contribution in [-0.2, 0) is 0 Å². The van der Waals surface area contributed by atoms with E-state index in [1.54, 1.807) is 6.92 Å². The van der Waals surface area contributed by atoms with Gasteiger partial charge in [-0.3, -0.25) is 0 Å². The van der Waals surface area contributed by atoms with E-state index in [2.05, 4.69) is 23.1 Å². The molecule has 0 saturated heterocycles. The molecule has 0 rings (SSSR count). The van der Waals surface area contributed by atoms with Crippen LogP contribution in [0.4, 0.5) is 0 Å². The lowest BCUT2D eigenvalue weighted by atomic mass is 10.9. The molecule has 0 atom stereocenters. The summed E-state index contributed by atoms with van der Waals surface area (Å²) in [5, 5.41) is 8.93. The van der Waals surface area contributed by atoms with E-state index in [9.17, 15) is 0 Å². The standard InChI is InChI=1S/C2H5O.4CH3.2Al.H2O/c1-2-3;;;;;;;/h2H2,1H3;4*1H3;;;1H2/q-1;;;;;;;/p-1. The molecule has 0 saturated carbocycles. The first kappa shape index (κ1) is 22.4. The molecule has 4 heteroatoms. The summed E-state index contributed by atoms with van der Waals surface area (Å²) < 4.78 is 0. The normalized spacial score (nSPS) is 4.60. The van der Waals surface area contributed by atoms with Crippen LogP contribution in [0.2, 0.25) is 23.1 Å². The summed E-state index contributed by atoms with van der Waals surface area (Å²) in [7, 11) is 0. The Balaban J connectivity index is -0.0000000257. The molecule has 2 radical (unpaired) electrons. The molecule has 0 fully saturated rings. The van der Waals surface area contributed by atoms with Crippen molar-refractivity contribution in [2.75, 3.05) is 6.61 Å². The van der Waals surface area contributed by atoms with Crippen LogP contribution in [0.15, 0.2) is 0 Å². The molecule has 0 aliphatic rings. The highest BCUT2D eigenvalue weighted by molar-refractivity contribution is 6.31. The van der Waals surface area contributed by atoms with Gasteiger partial charge in [-0.2, -0.15) is 0 Å². The monoisotopic (exact) mass is 176 g/mol. The van der Waals surface area contributed by atoms with Crippen molar-refractivity contribution in [3.63, 3.8) is 0 Å². The Morgan fingerprint density at radius 2 is 1.00 bits per heavy atom. The van der Waals surface area contributed by atoms with Crippen molar-refractivity contribution in [1.82, 2.24) is 0 Å². The van der Waals surface area contributed by atoms with Crippen LogP contribution in [0.5, 0.6) is 0 Å². The third-order valence-corrected chi connectivity index (χ3v) is 0. The first-order valence-electron chi connectivity index (χ1n) is 3.31. The SMILES string of the molecule is CC[O-].[CH3][Al][CH3].[CH3][Al][CH3].[OH-]. The van der Waals surface area contributed by atoms with Crippen molar-refractivity contribution < 1.29 is 10.6 Å². The van der Waals surface area contributed by atoms with E-state index in [0.29, 0.717) is 0 Å². The van der Waals surface area contributed by atoms with Gasteiger partial charge in [0, 0.05) is 0 Å². The lowest BCUT2D eigenvalue weighted by Gasteiger charge is -1.79. The minimum atomic E-state index is 0. The predicted molar refractivity (Wildman–Crippen MR) is 47.4 cm³/mol. The van der Waals surface area contributed by atoms with Crippen LogP contribution in [0, 0.1) is 0 Å². The Bertz CT molecular complexity index is 18.5. The van der Waals surface area contributed by atoms with Crippen LogP contribution in [0.25, 0.3) is 0 Å². The third-order valence-electron chi connectivity index (χ3n) is 0. The Labute approximate surface area is 77.8 Å². The summed E-state index contributed by atoms with van der Waals surface area (Å²) in [6.07, 6.45) is 0. The molecule has 10 heavy (non-hydrogen) atoms. The molecular formula is C6H18Al2O2-2. The zero-order valence-corrected chi connectivity index (χ0v) is 10.0. The first-order chi connectivity index (χ1) is 4.24. The number of hydrogen-bond acceptors (Lipinski definition) is 2. The van der Waals surface area contributed by atoms with Crippen molar-refractivity contribution in [2.45, 2.75) is 30.1 Å². The Morgan fingerprint density at radius 3 is 1.00 bits per heavy atom. The topological polar surface area (TPSA) is 53.1 Å². The zero-order chi connectivity index (χ0) is 8.12. The molecule has 0 unspecified atom stereocenters. The van der Waals surface area contributed by atoms with E-state index in [1.807, 2.05) is 0 Å². The van der Waals surface area contributed by atoms with E-state index in [-0.39, 0.29) is 12.1 Å². The second-order valence-electron chi connectivity index (χ2n) is 1.44. The molecule has 0 aromatic rings. The summed E-state index contributed by atoms with van der Waals surface area (Å²) in [6.45, 7) is 1.57. The third kappa shape index (κ3) is 591. The van der Waals surface area contributed by atoms with Gasteiger partial charge < -0.3 is 10.6 Å². The second-order valence-corrected chi connectivity index (χ2v) is 3.75. The fourth-order valence-electron chi connectivity index (χ4n) is 0. The van der Waals surface area contributed by atoms with Crippen LogP contribution in [0.3, 0.4) is 0 Å². The van der Waals surface area contributed by atoms with Crippen LogP contribution < -0.4 is 5.11 Å². The van der Waals surface area contributed by atoms with Gasteiger partial charge in [-0.15, -0.1) is 29.7 Å². The van der Waals surface area contributed by atoms with Crippen molar-refractivity contribution in [3.8, 4) is 0 Å². The van der Waals surface area contributed by atoms with Gasteiger partial charge in [0.15, 0.2) is 30.4 Å². The molecule has 0 aliphatic heterocycles. The Hall–Kier alpha value is 0.985. The first-order valence-corrected chi connectivity index (χ1v) is 7.92.